The van der Waals surface area contributed by atoms with E-state index in [2.05, 4.69) is 9.88 Å². The van der Waals surface area contributed by atoms with Crippen LogP contribution in [0.4, 0.5) is 8.78 Å². The smallest absolute Gasteiger partial charge is 0.254 e. The minimum atomic E-state index is -0.693. The number of carbonyl (C=O) groups is 1. The fourth-order valence-corrected chi connectivity index (χ4v) is 2.60. The summed E-state index contributed by atoms with van der Waals surface area (Å²) in [4.78, 5) is 20.6. The van der Waals surface area contributed by atoms with Gasteiger partial charge < -0.3 is 9.80 Å². The third-order valence-electron chi connectivity index (χ3n) is 4.00. The number of piperazine rings is 1. The highest BCUT2D eigenvalue weighted by Crippen LogP contribution is 2.22. The fourth-order valence-electron chi connectivity index (χ4n) is 2.60. The molecule has 1 aliphatic rings. The molecule has 2 heterocycles. The summed E-state index contributed by atoms with van der Waals surface area (Å²) < 4.78 is 26.9. The van der Waals surface area contributed by atoms with Crippen LogP contribution in [0.2, 0.25) is 0 Å². The Kier molecular flexibility index (Phi) is 4.34. The van der Waals surface area contributed by atoms with Crippen molar-refractivity contribution in [2.45, 2.75) is 0 Å². The molecule has 1 aromatic heterocycles. The first-order valence-corrected chi connectivity index (χ1v) is 7.44. The molecule has 0 saturated carbocycles. The minimum Gasteiger partial charge on any atom is -0.336 e. The molecule has 0 radical (unpaired) electrons. The molecule has 1 amide bonds. The van der Waals surface area contributed by atoms with Gasteiger partial charge in [0, 0.05) is 49.6 Å². The summed E-state index contributed by atoms with van der Waals surface area (Å²) in [5, 5.41) is 0. The van der Waals surface area contributed by atoms with Crippen molar-refractivity contribution in [3.8, 4) is 11.3 Å². The summed E-state index contributed by atoms with van der Waals surface area (Å²) in [5.74, 6) is -1.43. The molecular weight excluding hydrogens is 300 g/mol. The second kappa shape index (κ2) is 6.42. The van der Waals surface area contributed by atoms with Gasteiger partial charge in [0.25, 0.3) is 5.91 Å². The van der Waals surface area contributed by atoms with E-state index in [-0.39, 0.29) is 11.5 Å². The second-order valence-electron chi connectivity index (χ2n) is 5.65. The first kappa shape index (κ1) is 15.6. The average Bonchev–Trinajstić information content (AvgIpc) is 2.55. The molecule has 1 fully saturated rings. The van der Waals surface area contributed by atoms with E-state index in [0.717, 1.165) is 19.2 Å². The topological polar surface area (TPSA) is 36.4 Å². The highest BCUT2D eigenvalue weighted by Gasteiger charge is 2.21. The summed E-state index contributed by atoms with van der Waals surface area (Å²) in [6.45, 7) is 2.99. The van der Waals surface area contributed by atoms with Crippen molar-refractivity contribution in [1.82, 2.24) is 14.8 Å². The van der Waals surface area contributed by atoms with Gasteiger partial charge >= 0.3 is 0 Å². The predicted octanol–water partition coefficient (Wildman–Crippen LogP) is 2.41. The number of carbonyl (C=O) groups excluding carboxylic acids is 1. The van der Waals surface area contributed by atoms with E-state index in [1.165, 1.54) is 18.3 Å². The fraction of sp³-hybridized carbons (Fsp3) is 0.294. The van der Waals surface area contributed by atoms with E-state index in [1.807, 2.05) is 7.05 Å². The van der Waals surface area contributed by atoms with Crippen LogP contribution in [-0.4, -0.2) is 53.9 Å². The van der Waals surface area contributed by atoms with E-state index in [1.54, 1.807) is 17.0 Å². The maximum atomic E-state index is 13.9. The number of nitrogens with zero attached hydrogens (tertiary/aromatic N) is 3. The monoisotopic (exact) mass is 317 g/mol. The molecule has 23 heavy (non-hydrogen) atoms. The molecule has 0 N–H and O–H groups in total. The molecule has 0 aliphatic carbocycles. The minimum absolute atomic E-state index is 0.0933. The Morgan fingerprint density at radius 2 is 1.83 bits per heavy atom. The standard InChI is InChI=1S/C17H17F2N3O/c1-21-6-8-22(9-7-21)17(23)12-4-5-20-16(10-12)14-3-2-13(18)11-15(14)19/h2-5,10-11H,6-9H2,1H3. The number of pyridine rings is 1. The Hall–Kier alpha value is -2.34. The molecule has 1 aromatic carbocycles. The van der Waals surface area contributed by atoms with Gasteiger partial charge in [-0.15, -0.1) is 0 Å². The second-order valence-corrected chi connectivity index (χ2v) is 5.65. The van der Waals surface area contributed by atoms with Crippen molar-refractivity contribution >= 4 is 5.91 Å². The van der Waals surface area contributed by atoms with Gasteiger partial charge in [0.1, 0.15) is 11.6 Å². The lowest BCUT2D eigenvalue weighted by Crippen LogP contribution is -2.47. The normalized spacial score (nSPS) is 15.7. The number of halogens is 2. The highest BCUT2D eigenvalue weighted by atomic mass is 19.1. The zero-order valence-electron chi connectivity index (χ0n) is 12.8. The molecule has 1 aliphatic heterocycles. The summed E-state index contributed by atoms with van der Waals surface area (Å²) >= 11 is 0. The number of benzene rings is 1. The molecule has 3 rings (SSSR count). The van der Waals surface area contributed by atoms with Gasteiger partial charge in [-0.3, -0.25) is 9.78 Å². The van der Waals surface area contributed by atoms with Crippen LogP contribution in [-0.2, 0) is 0 Å². The van der Waals surface area contributed by atoms with Gasteiger partial charge in [0.2, 0.25) is 0 Å². The van der Waals surface area contributed by atoms with Crippen LogP contribution >= 0.6 is 0 Å². The maximum Gasteiger partial charge on any atom is 0.254 e. The number of likely N-dealkylation sites (N-methyl/N-ethyl adjacent to an activating group) is 1. The summed E-state index contributed by atoms with van der Waals surface area (Å²) in [5.41, 5.74) is 0.963. The van der Waals surface area contributed by atoms with Gasteiger partial charge in [-0.2, -0.15) is 0 Å². The molecule has 0 bridgehead atoms. The average molecular weight is 317 g/mol. The largest absolute Gasteiger partial charge is 0.336 e. The van der Waals surface area contributed by atoms with E-state index >= 15 is 0 Å². The Morgan fingerprint density at radius 1 is 1.09 bits per heavy atom. The lowest BCUT2D eigenvalue weighted by molar-refractivity contribution is 0.0664. The van der Waals surface area contributed by atoms with Gasteiger partial charge in [0.15, 0.2) is 0 Å². The van der Waals surface area contributed by atoms with Crippen LogP contribution in [0.5, 0.6) is 0 Å². The first-order valence-electron chi connectivity index (χ1n) is 7.44. The Bertz CT molecular complexity index is 728. The number of amides is 1. The van der Waals surface area contributed by atoms with Crippen LogP contribution in [0.25, 0.3) is 11.3 Å². The lowest BCUT2D eigenvalue weighted by Gasteiger charge is -2.32. The summed E-state index contributed by atoms with van der Waals surface area (Å²) in [7, 11) is 2.02. The number of hydrogen-bond donors (Lipinski definition) is 0. The summed E-state index contributed by atoms with van der Waals surface area (Å²) in [6.07, 6.45) is 1.47. The van der Waals surface area contributed by atoms with Crippen molar-refractivity contribution in [1.29, 1.82) is 0 Å². The Morgan fingerprint density at radius 3 is 2.52 bits per heavy atom. The Balaban J connectivity index is 1.86. The third-order valence-corrected chi connectivity index (χ3v) is 4.00. The first-order chi connectivity index (χ1) is 11.0. The molecule has 0 unspecified atom stereocenters. The van der Waals surface area contributed by atoms with Gasteiger partial charge in [-0.1, -0.05) is 0 Å². The van der Waals surface area contributed by atoms with Crippen molar-refractivity contribution in [2.75, 3.05) is 33.2 Å². The van der Waals surface area contributed by atoms with Gasteiger partial charge in [-0.25, -0.2) is 8.78 Å². The van der Waals surface area contributed by atoms with Crippen molar-refractivity contribution in [3.63, 3.8) is 0 Å². The maximum absolute atomic E-state index is 13.9. The van der Waals surface area contributed by atoms with E-state index in [4.69, 9.17) is 0 Å². The van der Waals surface area contributed by atoms with Crippen LogP contribution in [0, 0.1) is 11.6 Å². The van der Waals surface area contributed by atoms with E-state index in [0.29, 0.717) is 24.3 Å². The molecular formula is C17H17F2N3O. The predicted molar refractivity (Wildman–Crippen MR) is 83.0 cm³/mol. The van der Waals surface area contributed by atoms with Gasteiger partial charge in [0.05, 0.1) is 5.69 Å². The molecule has 0 spiro atoms. The van der Waals surface area contributed by atoms with Crippen molar-refractivity contribution in [3.05, 3.63) is 53.7 Å². The molecule has 0 atom stereocenters. The number of hydrogen-bond acceptors (Lipinski definition) is 3. The molecule has 6 heteroatoms. The lowest BCUT2D eigenvalue weighted by atomic mass is 10.1. The number of aromatic nitrogens is 1. The molecule has 4 nitrogen and oxygen atoms in total. The van der Waals surface area contributed by atoms with Crippen molar-refractivity contribution in [2.24, 2.45) is 0 Å². The quantitative estimate of drug-likeness (QED) is 0.853. The number of rotatable bonds is 2. The van der Waals surface area contributed by atoms with Gasteiger partial charge in [-0.05, 0) is 31.3 Å². The van der Waals surface area contributed by atoms with Crippen LogP contribution in [0.1, 0.15) is 10.4 Å². The van der Waals surface area contributed by atoms with Crippen LogP contribution in [0.15, 0.2) is 36.5 Å². The highest BCUT2D eigenvalue weighted by molar-refractivity contribution is 5.95. The zero-order chi connectivity index (χ0) is 16.4. The summed E-state index contributed by atoms with van der Waals surface area (Å²) in [6, 6.07) is 6.49. The van der Waals surface area contributed by atoms with Crippen LogP contribution < -0.4 is 0 Å². The SMILES string of the molecule is CN1CCN(C(=O)c2ccnc(-c3ccc(F)cc3F)c2)CC1. The molecule has 2 aromatic rings. The Labute approximate surface area is 133 Å². The van der Waals surface area contributed by atoms with E-state index < -0.39 is 11.6 Å². The third kappa shape index (κ3) is 3.37. The zero-order valence-corrected chi connectivity index (χ0v) is 12.8. The van der Waals surface area contributed by atoms with E-state index in [9.17, 15) is 13.6 Å². The molecule has 120 valence electrons. The van der Waals surface area contributed by atoms with Crippen LogP contribution in [0.3, 0.4) is 0 Å². The van der Waals surface area contributed by atoms with Crippen molar-refractivity contribution < 1.29 is 13.6 Å². The molecule has 1 saturated heterocycles.